The molecule has 1 rings (SSSR count). The quantitative estimate of drug-likeness (QED) is 0.456. The highest BCUT2D eigenvalue weighted by molar-refractivity contribution is 7.94. The molecule has 0 amide bonds. The summed E-state index contributed by atoms with van der Waals surface area (Å²) in [4.78, 5) is 2.27. The van der Waals surface area contributed by atoms with Gasteiger partial charge in [0.25, 0.3) is 0 Å². The van der Waals surface area contributed by atoms with Crippen molar-refractivity contribution in [1.29, 1.82) is 0 Å². The molecule has 0 radical (unpaired) electrons. The van der Waals surface area contributed by atoms with Gasteiger partial charge in [-0.2, -0.15) is 0 Å². The third kappa shape index (κ3) is 1.37. The second-order valence-corrected chi connectivity index (χ2v) is 2.87. The summed E-state index contributed by atoms with van der Waals surface area (Å²) in [7, 11) is 2.11. The van der Waals surface area contributed by atoms with Gasteiger partial charge >= 0.3 is 0 Å². The van der Waals surface area contributed by atoms with Crippen molar-refractivity contribution in [3.63, 3.8) is 0 Å². The van der Waals surface area contributed by atoms with Crippen LogP contribution in [0.5, 0.6) is 0 Å². The lowest BCUT2D eigenvalue weighted by Crippen LogP contribution is -2.35. The van der Waals surface area contributed by atoms with Crippen LogP contribution in [0.25, 0.3) is 0 Å². The normalized spacial score (nSPS) is 33.0. The van der Waals surface area contributed by atoms with E-state index < -0.39 is 0 Å². The fourth-order valence-corrected chi connectivity index (χ4v) is 1.31. The first-order valence-corrected chi connectivity index (χ1v) is 3.66. The number of rotatable bonds is 0. The highest BCUT2D eigenvalue weighted by Gasteiger charge is 2.13. The summed E-state index contributed by atoms with van der Waals surface area (Å²) in [5, 5.41) is 0. The van der Waals surface area contributed by atoms with Gasteiger partial charge < -0.3 is 4.18 Å². The molecule has 3 heteroatoms. The Kier molecular flexibility index (Phi) is 2.16. The molecule has 1 aliphatic heterocycles. The summed E-state index contributed by atoms with van der Waals surface area (Å²) < 4.78 is 5.13. The molecule has 48 valence electrons. The lowest BCUT2D eigenvalue weighted by atomic mass is 10.3. The van der Waals surface area contributed by atoms with Crippen molar-refractivity contribution in [1.82, 2.24) is 4.90 Å². The van der Waals surface area contributed by atoms with Gasteiger partial charge in [0.05, 0.1) is 12.5 Å². The van der Waals surface area contributed by atoms with Crippen LogP contribution in [0.4, 0.5) is 0 Å². The zero-order chi connectivity index (χ0) is 5.98. The molecule has 1 fully saturated rings. The van der Waals surface area contributed by atoms with Gasteiger partial charge in [-0.05, 0) is 14.0 Å². The lowest BCUT2D eigenvalue weighted by Gasteiger charge is -2.27. The van der Waals surface area contributed by atoms with E-state index in [1.54, 1.807) is 0 Å². The minimum absolute atomic E-state index is 0.594. The predicted octanol–water partition coefficient (Wildman–Crippen LogP) is 0.943. The predicted molar refractivity (Wildman–Crippen MR) is 35.6 cm³/mol. The first-order chi connectivity index (χ1) is 3.80. The van der Waals surface area contributed by atoms with Crippen LogP contribution >= 0.6 is 12.0 Å². The van der Waals surface area contributed by atoms with Gasteiger partial charge in [0.15, 0.2) is 0 Å². The Bertz CT molecular complexity index is 68.8. The molecule has 1 aliphatic rings. The highest BCUT2D eigenvalue weighted by Crippen LogP contribution is 2.14. The number of likely N-dealkylation sites (N-methyl/N-ethyl adjacent to an activating group) is 1. The van der Waals surface area contributed by atoms with Crippen molar-refractivity contribution in [2.75, 3.05) is 19.5 Å². The van der Waals surface area contributed by atoms with Crippen molar-refractivity contribution in [3.05, 3.63) is 0 Å². The zero-order valence-corrected chi connectivity index (χ0v) is 6.07. The Morgan fingerprint density at radius 3 is 2.88 bits per heavy atom. The first kappa shape index (κ1) is 6.39. The molecule has 2 nitrogen and oxygen atoms in total. The average Bonchev–Trinajstić information content (AvgIpc) is 1.77. The van der Waals surface area contributed by atoms with Gasteiger partial charge in [0, 0.05) is 18.1 Å². The van der Waals surface area contributed by atoms with E-state index in [9.17, 15) is 0 Å². The minimum atomic E-state index is 0.594. The topological polar surface area (TPSA) is 12.5 Å². The third-order valence-corrected chi connectivity index (χ3v) is 2.22. The van der Waals surface area contributed by atoms with Gasteiger partial charge in [-0.15, -0.1) is 0 Å². The monoisotopic (exact) mass is 133 g/mol. The fourth-order valence-electron chi connectivity index (χ4n) is 0.521. The molecule has 0 bridgehead atoms. The highest BCUT2D eigenvalue weighted by atomic mass is 32.2. The number of nitrogens with zero attached hydrogens (tertiary/aromatic N) is 1. The van der Waals surface area contributed by atoms with Gasteiger partial charge in [-0.1, -0.05) is 0 Å². The maximum atomic E-state index is 5.13. The van der Waals surface area contributed by atoms with E-state index >= 15 is 0 Å². The van der Waals surface area contributed by atoms with Crippen LogP contribution in [0.15, 0.2) is 0 Å². The molecule has 1 saturated heterocycles. The Morgan fingerprint density at radius 1 is 1.75 bits per heavy atom. The molecule has 0 aromatic heterocycles. The third-order valence-electron chi connectivity index (χ3n) is 1.40. The van der Waals surface area contributed by atoms with E-state index in [2.05, 4.69) is 18.9 Å². The smallest absolute Gasteiger partial charge is 0.0767 e. The molecule has 0 N–H and O–H groups in total. The summed E-state index contributed by atoms with van der Waals surface area (Å²) in [6.07, 6.45) is 0. The van der Waals surface area contributed by atoms with E-state index in [1.807, 2.05) is 0 Å². The van der Waals surface area contributed by atoms with Crippen molar-refractivity contribution in [3.8, 4) is 0 Å². The summed E-state index contributed by atoms with van der Waals surface area (Å²) >= 11 is 1.53. The minimum Gasteiger partial charge on any atom is -0.312 e. The Morgan fingerprint density at radius 2 is 2.50 bits per heavy atom. The standard InChI is InChI=1S/C5H11NOS/c1-5-3-7-8-4-6(5)2/h5H,3-4H2,1-2H3. The Labute approximate surface area is 54.4 Å². The van der Waals surface area contributed by atoms with Gasteiger partial charge in [0.1, 0.15) is 0 Å². The largest absolute Gasteiger partial charge is 0.312 e. The van der Waals surface area contributed by atoms with Crippen LogP contribution in [-0.2, 0) is 4.18 Å². The van der Waals surface area contributed by atoms with E-state index in [4.69, 9.17) is 4.18 Å². The Balaban J connectivity index is 2.28. The number of hydrogen-bond donors (Lipinski definition) is 0. The molecular formula is C5H11NOS. The van der Waals surface area contributed by atoms with Crippen LogP contribution in [0.3, 0.4) is 0 Å². The molecule has 8 heavy (non-hydrogen) atoms. The molecule has 0 spiro atoms. The molecule has 1 heterocycles. The van der Waals surface area contributed by atoms with Gasteiger partial charge in [0.2, 0.25) is 0 Å². The number of hydrogen-bond acceptors (Lipinski definition) is 3. The SMILES string of the molecule is CC1COSCN1C. The van der Waals surface area contributed by atoms with E-state index in [0.29, 0.717) is 6.04 Å². The molecular weight excluding hydrogens is 122 g/mol. The van der Waals surface area contributed by atoms with Gasteiger partial charge in [-0.25, -0.2) is 0 Å². The van der Waals surface area contributed by atoms with Crippen LogP contribution in [-0.4, -0.2) is 30.5 Å². The van der Waals surface area contributed by atoms with Crippen LogP contribution in [0.2, 0.25) is 0 Å². The first-order valence-electron chi connectivity index (χ1n) is 2.75. The molecule has 1 atom stereocenters. The zero-order valence-electron chi connectivity index (χ0n) is 5.26. The molecule has 0 aromatic carbocycles. The lowest BCUT2D eigenvalue weighted by molar-refractivity contribution is 0.184. The summed E-state index contributed by atoms with van der Waals surface area (Å²) in [6.45, 7) is 3.03. The van der Waals surface area contributed by atoms with Crippen molar-refractivity contribution in [2.24, 2.45) is 0 Å². The molecule has 0 saturated carbocycles. The van der Waals surface area contributed by atoms with Crippen LogP contribution in [0, 0.1) is 0 Å². The van der Waals surface area contributed by atoms with Crippen molar-refractivity contribution >= 4 is 12.0 Å². The molecule has 0 aliphatic carbocycles. The second kappa shape index (κ2) is 2.71. The summed E-state index contributed by atoms with van der Waals surface area (Å²) in [5.74, 6) is 1.00. The van der Waals surface area contributed by atoms with E-state index in [1.165, 1.54) is 12.0 Å². The van der Waals surface area contributed by atoms with E-state index in [-0.39, 0.29) is 0 Å². The van der Waals surface area contributed by atoms with Crippen LogP contribution < -0.4 is 0 Å². The fraction of sp³-hybridized carbons (Fsp3) is 1.00. The van der Waals surface area contributed by atoms with Crippen molar-refractivity contribution < 1.29 is 4.18 Å². The maximum Gasteiger partial charge on any atom is 0.0767 e. The second-order valence-electron chi connectivity index (χ2n) is 2.14. The summed E-state index contributed by atoms with van der Waals surface area (Å²) in [6, 6.07) is 0.594. The maximum absolute atomic E-state index is 5.13. The van der Waals surface area contributed by atoms with E-state index in [0.717, 1.165) is 12.5 Å². The Hall–Kier alpha value is 0.270. The summed E-state index contributed by atoms with van der Waals surface area (Å²) in [5.41, 5.74) is 0. The van der Waals surface area contributed by atoms with Crippen LogP contribution in [0.1, 0.15) is 6.92 Å². The van der Waals surface area contributed by atoms with Crippen molar-refractivity contribution in [2.45, 2.75) is 13.0 Å². The van der Waals surface area contributed by atoms with Gasteiger partial charge in [-0.3, -0.25) is 4.90 Å². The average molecular weight is 133 g/mol. The molecule has 0 aromatic rings. The molecule has 1 unspecified atom stereocenters.